The lowest BCUT2D eigenvalue weighted by Gasteiger charge is -2.11. The van der Waals surface area contributed by atoms with E-state index in [-0.39, 0.29) is 28.5 Å². The van der Waals surface area contributed by atoms with Crippen LogP contribution in [0.2, 0.25) is 0 Å². The van der Waals surface area contributed by atoms with E-state index >= 15 is 0 Å². The summed E-state index contributed by atoms with van der Waals surface area (Å²) < 4.78 is 4.56. The number of carbonyl (C=O) groups is 3. The van der Waals surface area contributed by atoms with Crippen LogP contribution in [0.25, 0.3) is 0 Å². The minimum absolute atomic E-state index is 0.0534. The maximum atomic E-state index is 12.3. The molecular formula is C17H16N2O5. The molecule has 2 rings (SSSR count). The van der Waals surface area contributed by atoms with Gasteiger partial charge in [0.25, 0.3) is 5.91 Å². The summed E-state index contributed by atoms with van der Waals surface area (Å²) in [5, 5.41) is 15.2. The smallest absolute Gasteiger partial charge is 0.341 e. The monoisotopic (exact) mass is 328 g/mol. The Morgan fingerprint density at radius 2 is 1.75 bits per heavy atom. The number of anilines is 2. The van der Waals surface area contributed by atoms with Gasteiger partial charge in [-0.15, -0.1) is 0 Å². The molecule has 0 radical (unpaired) electrons. The van der Waals surface area contributed by atoms with Crippen molar-refractivity contribution < 1.29 is 24.2 Å². The number of rotatable bonds is 4. The van der Waals surface area contributed by atoms with Gasteiger partial charge in [-0.05, 0) is 30.3 Å². The zero-order valence-corrected chi connectivity index (χ0v) is 13.1. The first-order valence-electron chi connectivity index (χ1n) is 7.01. The molecular weight excluding hydrogens is 312 g/mol. The summed E-state index contributed by atoms with van der Waals surface area (Å²) in [6.07, 6.45) is 0. The van der Waals surface area contributed by atoms with Gasteiger partial charge in [0.05, 0.1) is 12.8 Å². The van der Waals surface area contributed by atoms with Crippen LogP contribution in [-0.4, -0.2) is 30.0 Å². The summed E-state index contributed by atoms with van der Waals surface area (Å²) in [4.78, 5) is 34.9. The van der Waals surface area contributed by atoms with Crippen LogP contribution in [0.1, 0.15) is 27.6 Å². The second kappa shape index (κ2) is 7.28. The van der Waals surface area contributed by atoms with E-state index in [9.17, 15) is 19.5 Å². The Hall–Kier alpha value is -3.35. The van der Waals surface area contributed by atoms with Gasteiger partial charge in [0.15, 0.2) is 5.75 Å². The molecule has 0 aliphatic carbocycles. The van der Waals surface area contributed by atoms with Gasteiger partial charge in [0.2, 0.25) is 5.91 Å². The van der Waals surface area contributed by atoms with Crippen LogP contribution in [-0.2, 0) is 9.53 Å². The molecule has 0 aliphatic rings. The Balaban J connectivity index is 2.24. The highest BCUT2D eigenvalue weighted by molar-refractivity contribution is 6.07. The predicted octanol–water partition coefficient (Wildman–Crippen LogP) is 2.39. The number of hydrogen-bond donors (Lipinski definition) is 3. The second-order valence-electron chi connectivity index (χ2n) is 4.91. The largest absolute Gasteiger partial charge is 0.505 e. The number of hydrogen-bond acceptors (Lipinski definition) is 5. The molecule has 0 unspecified atom stereocenters. The third-order valence-corrected chi connectivity index (χ3v) is 3.13. The third-order valence-electron chi connectivity index (χ3n) is 3.13. The summed E-state index contributed by atoms with van der Waals surface area (Å²) in [6, 6.07) is 10.7. The highest BCUT2D eigenvalue weighted by atomic mass is 16.5. The van der Waals surface area contributed by atoms with Gasteiger partial charge >= 0.3 is 5.97 Å². The number of esters is 1. The second-order valence-corrected chi connectivity index (χ2v) is 4.91. The van der Waals surface area contributed by atoms with Crippen molar-refractivity contribution in [1.82, 2.24) is 0 Å². The van der Waals surface area contributed by atoms with E-state index in [1.165, 1.54) is 38.3 Å². The molecule has 0 atom stereocenters. The lowest BCUT2D eigenvalue weighted by molar-refractivity contribution is -0.114. The minimum Gasteiger partial charge on any atom is -0.505 e. The summed E-state index contributed by atoms with van der Waals surface area (Å²) >= 11 is 0. The maximum absolute atomic E-state index is 12.3. The average molecular weight is 328 g/mol. The van der Waals surface area contributed by atoms with Gasteiger partial charge in [0, 0.05) is 18.2 Å². The van der Waals surface area contributed by atoms with Crippen LogP contribution in [0.5, 0.6) is 5.75 Å². The van der Waals surface area contributed by atoms with Crippen molar-refractivity contribution in [2.45, 2.75) is 6.92 Å². The minimum atomic E-state index is -0.712. The van der Waals surface area contributed by atoms with Gasteiger partial charge < -0.3 is 20.5 Å². The first kappa shape index (κ1) is 17.0. The zero-order valence-electron chi connectivity index (χ0n) is 13.1. The van der Waals surface area contributed by atoms with Gasteiger partial charge in [-0.2, -0.15) is 0 Å². The molecule has 0 saturated heterocycles. The number of phenols is 1. The fraction of sp³-hybridized carbons (Fsp3) is 0.118. The van der Waals surface area contributed by atoms with E-state index in [0.29, 0.717) is 5.69 Å². The zero-order chi connectivity index (χ0) is 17.7. The van der Waals surface area contributed by atoms with E-state index in [1.54, 1.807) is 18.2 Å². The van der Waals surface area contributed by atoms with Gasteiger partial charge in [-0.1, -0.05) is 12.1 Å². The molecule has 24 heavy (non-hydrogen) atoms. The fourth-order valence-electron chi connectivity index (χ4n) is 2.05. The Kier molecular flexibility index (Phi) is 5.16. The highest BCUT2D eigenvalue weighted by Crippen LogP contribution is 2.28. The molecule has 0 aliphatic heterocycles. The molecule has 7 heteroatoms. The predicted molar refractivity (Wildman–Crippen MR) is 88.1 cm³/mol. The SMILES string of the molecule is COC(=O)c1cccc(NC(=O)c2cccc(NC(C)=O)c2)c1O. The number of carbonyl (C=O) groups excluding carboxylic acids is 3. The number of ether oxygens (including phenoxy) is 1. The fourth-order valence-corrected chi connectivity index (χ4v) is 2.05. The number of nitrogens with one attached hydrogen (secondary N) is 2. The molecule has 2 amide bonds. The number of aromatic hydroxyl groups is 1. The van der Waals surface area contributed by atoms with Gasteiger partial charge in [-0.3, -0.25) is 9.59 Å². The van der Waals surface area contributed by atoms with Crippen molar-refractivity contribution in [2.24, 2.45) is 0 Å². The molecule has 2 aromatic rings. The molecule has 0 spiro atoms. The molecule has 3 N–H and O–H groups in total. The Labute approximate surface area is 138 Å². The summed E-state index contributed by atoms with van der Waals surface area (Å²) in [5.41, 5.74) is 0.780. The first-order chi connectivity index (χ1) is 11.4. The molecule has 2 aromatic carbocycles. The van der Waals surface area contributed by atoms with Gasteiger partial charge in [-0.25, -0.2) is 4.79 Å². The number of methoxy groups -OCH3 is 1. The topological polar surface area (TPSA) is 105 Å². The molecule has 0 heterocycles. The molecule has 0 saturated carbocycles. The van der Waals surface area contributed by atoms with Crippen molar-refractivity contribution in [2.75, 3.05) is 17.7 Å². The van der Waals surface area contributed by atoms with E-state index in [0.717, 1.165) is 0 Å². The average Bonchev–Trinajstić information content (AvgIpc) is 2.55. The van der Waals surface area contributed by atoms with E-state index < -0.39 is 11.9 Å². The Morgan fingerprint density at radius 1 is 1.04 bits per heavy atom. The van der Waals surface area contributed by atoms with Crippen molar-refractivity contribution >= 4 is 29.2 Å². The summed E-state index contributed by atoms with van der Waals surface area (Å²) in [5.74, 6) is -1.84. The lowest BCUT2D eigenvalue weighted by atomic mass is 10.1. The van der Waals surface area contributed by atoms with E-state index in [2.05, 4.69) is 15.4 Å². The first-order valence-corrected chi connectivity index (χ1v) is 7.01. The number of benzene rings is 2. The van der Waals surface area contributed by atoms with Crippen molar-refractivity contribution in [1.29, 1.82) is 0 Å². The van der Waals surface area contributed by atoms with Crippen LogP contribution in [0.3, 0.4) is 0 Å². The van der Waals surface area contributed by atoms with Crippen molar-refractivity contribution in [3.8, 4) is 5.75 Å². The van der Waals surface area contributed by atoms with Crippen LogP contribution in [0.4, 0.5) is 11.4 Å². The summed E-state index contributed by atoms with van der Waals surface area (Å²) in [6.45, 7) is 1.36. The molecule has 7 nitrogen and oxygen atoms in total. The van der Waals surface area contributed by atoms with Crippen molar-refractivity contribution in [3.05, 3.63) is 53.6 Å². The summed E-state index contributed by atoms with van der Waals surface area (Å²) in [7, 11) is 1.19. The van der Waals surface area contributed by atoms with Gasteiger partial charge in [0.1, 0.15) is 5.56 Å². The van der Waals surface area contributed by atoms with E-state index in [1.807, 2.05) is 0 Å². The normalized spacial score (nSPS) is 9.92. The van der Waals surface area contributed by atoms with Crippen molar-refractivity contribution in [3.63, 3.8) is 0 Å². The molecule has 0 aromatic heterocycles. The standard InChI is InChI=1S/C17H16N2O5/c1-10(20)18-12-6-3-5-11(9-12)16(22)19-14-8-4-7-13(15(14)21)17(23)24-2/h3-9,21H,1-2H3,(H,18,20)(H,19,22). The third kappa shape index (κ3) is 3.89. The molecule has 0 fully saturated rings. The number of para-hydroxylation sites is 1. The molecule has 0 bridgehead atoms. The van der Waals surface area contributed by atoms with Crippen LogP contribution < -0.4 is 10.6 Å². The number of amides is 2. The maximum Gasteiger partial charge on any atom is 0.341 e. The number of phenolic OH excluding ortho intramolecular Hbond substituents is 1. The quantitative estimate of drug-likeness (QED) is 0.590. The highest BCUT2D eigenvalue weighted by Gasteiger charge is 2.16. The molecule has 124 valence electrons. The Morgan fingerprint density at radius 3 is 2.42 bits per heavy atom. The lowest BCUT2D eigenvalue weighted by Crippen LogP contribution is -2.14. The van der Waals surface area contributed by atoms with Crippen LogP contribution in [0.15, 0.2) is 42.5 Å². The van der Waals surface area contributed by atoms with Crippen LogP contribution >= 0.6 is 0 Å². The van der Waals surface area contributed by atoms with E-state index in [4.69, 9.17) is 0 Å². The van der Waals surface area contributed by atoms with Crippen LogP contribution in [0, 0.1) is 0 Å². The Bertz CT molecular complexity index is 801.